The van der Waals surface area contributed by atoms with Crippen LogP contribution in [-0.2, 0) is 17.1 Å². The summed E-state index contributed by atoms with van der Waals surface area (Å²) in [6.45, 7) is 7.78. The average Bonchev–Trinajstić information content (AvgIpc) is 3.32. The number of nitrogens with zero attached hydrogens (tertiary/aromatic N) is 1. The third-order valence-corrected chi connectivity index (χ3v) is 5.58. The molecule has 186 valence electrons. The predicted octanol–water partition coefficient (Wildman–Crippen LogP) is 4.46. The van der Waals surface area contributed by atoms with Crippen molar-refractivity contribution < 1.29 is 35.9 Å². The van der Waals surface area contributed by atoms with E-state index in [1.165, 1.54) is 0 Å². The number of rotatable bonds is 4. The van der Waals surface area contributed by atoms with E-state index in [4.69, 9.17) is 5.73 Å². The lowest BCUT2D eigenvalue weighted by Gasteiger charge is -2.32. The van der Waals surface area contributed by atoms with Crippen LogP contribution in [0, 0.1) is 11.3 Å². The number of likely N-dealkylation sites (tertiary alicyclic amines) is 1. The Labute approximate surface area is 188 Å². The summed E-state index contributed by atoms with van der Waals surface area (Å²) in [5, 5.41) is 2.56. The minimum absolute atomic E-state index is 0.0101. The van der Waals surface area contributed by atoms with Gasteiger partial charge in [0.15, 0.2) is 0 Å². The van der Waals surface area contributed by atoms with Crippen molar-refractivity contribution in [2.24, 2.45) is 17.1 Å². The number of carbonyl (C=O) groups excluding carboxylic acids is 2. The van der Waals surface area contributed by atoms with Gasteiger partial charge < -0.3 is 11.1 Å². The van der Waals surface area contributed by atoms with Crippen molar-refractivity contribution in [1.29, 1.82) is 0 Å². The van der Waals surface area contributed by atoms with Crippen molar-refractivity contribution in [3.05, 3.63) is 34.9 Å². The molecule has 0 aromatic heterocycles. The molecule has 3 N–H and O–H groups in total. The summed E-state index contributed by atoms with van der Waals surface area (Å²) in [5.41, 5.74) is 1.18. The molecule has 11 heteroatoms. The molecule has 0 radical (unpaired) electrons. The lowest BCUT2D eigenvalue weighted by Crippen LogP contribution is -2.42. The fraction of sp³-hybridized carbons (Fsp3) is 0.636. The molecule has 1 atom stereocenters. The van der Waals surface area contributed by atoms with Crippen molar-refractivity contribution >= 4 is 11.8 Å². The first-order valence-electron chi connectivity index (χ1n) is 10.6. The topological polar surface area (TPSA) is 75.4 Å². The molecule has 5 nitrogen and oxygen atoms in total. The van der Waals surface area contributed by atoms with Gasteiger partial charge in [-0.2, -0.15) is 26.3 Å². The normalized spacial score (nSPS) is 20.2. The molecule has 3 rings (SSSR count). The molecule has 0 bridgehead atoms. The van der Waals surface area contributed by atoms with Crippen LogP contribution >= 0.6 is 0 Å². The first kappa shape index (κ1) is 26.9. The van der Waals surface area contributed by atoms with Gasteiger partial charge in [-0.25, -0.2) is 0 Å². The van der Waals surface area contributed by atoms with Crippen LogP contribution in [0.15, 0.2) is 18.2 Å². The molecular weight excluding hydrogens is 452 g/mol. The van der Waals surface area contributed by atoms with E-state index in [-0.39, 0.29) is 24.1 Å². The van der Waals surface area contributed by atoms with Gasteiger partial charge in [-0.15, -0.1) is 0 Å². The van der Waals surface area contributed by atoms with E-state index in [0.717, 1.165) is 5.92 Å². The maximum absolute atomic E-state index is 13.0. The highest BCUT2D eigenvalue weighted by molar-refractivity contribution is 5.95. The number of hydrogen-bond donors (Lipinski definition) is 2. The minimum Gasteiger partial charge on any atom is -0.369 e. The number of carbonyl (C=O) groups is 2. The van der Waals surface area contributed by atoms with Crippen molar-refractivity contribution in [2.45, 2.75) is 58.4 Å². The Hall–Kier alpha value is -2.30. The van der Waals surface area contributed by atoms with E-state index in [0.29, 0.717) is 44.5 Å². The molecule has 1 saturated heterocycles. The van der Waals surface area contributed by atoms with Crippen LogP contribution < -0.4 is 11.1 Å². The van der Waals surface area contributed by atoms with Crippen molar-refractivity contribution in [1.82, 2.24) is 10.2 Å². The van der Waals surface area contributed by atoms with Crippen LogP contribution in [0.25, 0.3) is 0 Å². The Kier molecular flexibility index (Phi) is 8.09. The van der Waals surface area contributed by atoms with Gasteiger partial charge in [-0.3, -0.25) is 14.5 Å². The average molecular weight is 481 g/mol. The van der Waals surface area contributed by atoms with Crippen LogP contribution in [0.5, 0.6) is 0 Å². The van der Waals surface area contributed by atoms with Gasteiger partial charge in [0.25, 0.3) is 5.91 Å². The number of piperidine rings is 1. The molecule has 1 aromatic carbocycles. The van der Waals surface area contributed by atoms with E-state index in [1.54, 1.807) is 0 Å². The van der Waals surface area contributed by atoms with Crippen LogP contribution in [-0.4, -0.2) is 42.4 Å². The Morgan fingerprint density at radius 1 is 1.03 bits per heavy atom. The highest BCUT2D eigenvalue weighted by Crippen LogP contribution is 2.54. The lowest BCUT2D eigenvalue weighted by molar-refractivity contribution is -0.143. The molecule has 1 saturated carbocycles. The Bertz CT molecular complexity index is 824. The third-order valence-electron chi connectivity index (χ3n) is 5.58. The predicted molar refractivity (Wildman–Crippen MR) is 110 cm³/mol. The van der Waals surface area contributed by atoms with Gasteiger partial charge in [-0.1, -0.05) is 20.8 Å². The quantitative estimate of drug-likeness (QED) is 0.624. The number of amides is 2. The van der Waals surface area contributed by atoms with Crippen LogP contribution in [0.4, 0.5) is 26.3 Å². The van der Waals surface area contributed by atoms with E-state index in [1.807, 2.05) is 4.90 Å². The molecule has 2 amide bonds. The van der Waals surface area contributed by atoms with Crippen molar-refractivity contribution in [2.75, 3.05) is 19.6 Å². The first-order valence-corrected chi connectivity index (χ1v) is 10.6. The zero-order valence-corrected chi connectivity index (χ0v) is 18.7. The van der Waals surface area contributed by atoms with Gasteiger partial charge in [0, 0.05) is 11.6 Å². The fourth-order valence-electron chi connectivity index (χ4n) is 3.81. The Morgan fingerprint density at radius 3 is 1.88 bits per heavy atom. The number of nitrogens with two attached hydrogens (primary N) is 1. The Balaban J connectivity index is 0.000000890. The smallest absolute Gasteiger partial charge is 0.369 e. The van der Waals surface area contributed by atoms with Crippen molar-refractivity contribution in [3.8, 4) is 0 Å². The number of hydrogen-bond acceptors (Lipinski definition) is 3. The van der Waals surface area contributed by atoms with Gasteiger partial charge in [0.2, 0.25) is 5.91 Å². The zero-order valence-electron chi connectivity index (χ0n) is 18.7. The summed E-state index contributed by atoms with van der Waals surface area (Å²) < 4.78 is 77.7. The number of halogens is 6. The second-order valence-electron chi connectivity index (χ2n) is 9.36. The molecule has 33 heavy (non-hydrogen) atoms. The van der Waals surface area contributed by atoms with E-state index < -0.39 is 40.9 Å². The maximum Gasteiger partial charge on any atom is 0.416 e. The summed E-state index contributed by atoms with van der Waals surface area (Å²) in [6, 6.07) is 0.517. The molecule has 1 aliphatic heterocycles. The molecule has 1 aliphatic carbocycles. The van der Waals surface area contributed by atoms with E-state index in [9.17, 15) is 35.9 Å². The molecule has 1 spiro atoms. The summed E-state index contributed by atoms with van der Waals surface area (Å²) in [4.78, 5) is 25.2. The Morgan fingerprint density at radius 2 is 1.48 bits per heavy atom. The van der Waals surface area contributed by atoms with E-state index >= 15 is 0 Å². The van der Waals surface area contributed by atoms with Gasteiger partial charge in [0.1, 0.15) is 0 Å². The highest BCUT2D eigenvalue weighted by atomic mass is 19.4. The maximum atomic E-state index is 13.0. The summed E-state index contributed by atoms with van der Waals surface area (Å²) >= 11 is 0. The minimum atomic E-state index is -5.01. The number of alkyl halides is 6. The second kappa shape index (κ2) is 9.90. The number of nitrogens with one attached hydrogen (secondary N) is 1. The summed E-state index contributed by atoms with van der Waals surface area (Å²) in [5.74, 6) is -0.588. The van der Waals surface area contributed by atoms with Crippen molar-refractivity contribution in [3.63, 3.8) is 0 Å². The SMILES string of the molecule is CC(C)C.NC(=O)CN1CCC2(CC1)C[C@H]2NC(=O)c1cc(C(F)(F)F)cc(C(F)(F)F)c1. The molecule has 0 unspecified atom stereocenters. The highest BCUT2D eigenvalue weighted by Gasteiger charge is 2.55. The monoisotopic (exact) mass is 481 g/mol. The molecule has 1 aromatic rings. The molecular formula is C22H29F6N3O2. The fourth-order valence-corrected chi connectivity index (χ4v) is 3.81. The van der Waals surface area contributed by atoms with Gasteiger partial charge in [0.05, 0.1) is 17.7 Å². The lowest BCUT2D eigenvalue weighted by atomic mass is 9.92. The molecule has 2 aliphatic rings. The number of benzene rings is 1. The first-order chi connectivity index (χ1) is 15.0. The van der Waals surface area contributed by atoms with Gasteiger partial charge in [-0.05, 0) is 61.9 Å². The zero-order chi connectivity index (χ0) is 25.2. The summed E-state index contributed by atoms with van der Waals surface area (Å²) in [6.07, 6.45) is -8.12. The molecule has 2 fully saturated rings. The summed E-state index contributed by atoms with van der Waals surface area (Å²) in [7, 11) is 0. The largest absolute Gasteiger partial charge is 0.416 e. The van der Waals surface area contributed by atoms with Crippen LogP contribution in [0.2, 0.25) is 0 Å². The number of primary amides is 1. The second-order valence-corrected chi connectivity index (χ2v) is 9.36. The third kappa shape index (κ3) is 7.62. The van der Waals surface area contributed by atoms with E-state index in [2.05, 4.69) is 26.1 Å². The molecule has 1 heterocycles. The van der Waals surface area contributed by atoms with Crippen LogP contribution in [0.3, 0.4) is 0 Å². The van der Waals surface area contributed by atoms with Crippen LogP contribution in [0.1, 0.15) is 61.5 Å². The van der Waals surface area contributed by atoms with Gasteiger partial charge >= 0.3 is 12.4 Å². The standard InChI is InChI=1S/C18H19F6N3O2.C4H10/c19-17(20,21)11-5-10(6-12(7-11)18(22,23)24)15(29)26-13-8-16(13)1-3-27(4-2-16)9-14(25)28;1-4(2)3/h5-7,13H,1-4,8-9H2,(H2,25,28)(H,26,29);4H,1-3H3/t13-;/m1./s1.